The molecule has 3 atom stereocenters. The van der Waals surface area contributed by atoms with Gasteiger partial charge in [-0.3, -0.25) is 0 Å². The standard InChI is InChI=1S/C10H18O2/c1-8-2-3-10(12-8)6-9-4-5-11-7-9/h8-10H,2-7H2,1H3/t8-,9?,10?/m0/s1. The van der Waals surface area contributed by atoms with E-state index in [1.165, 1.54) is 25.7 Å². The second-order valence-corrected chi connectivity index (χ2v) is 4.11. The molecule has 0 aliphatic carbocycles. The van der Waals surface area contributed by atoms with Gasteiger partial charge in [0.1, 0.15) is 0 Å². The number of hydrogen-bond acceptors (Lipinski definition) is 2. The Balaban J connectivity index is 1.72. The summed E-state index contributed by atoms with van der Waals surface area (Å²) in [4.78, 5) is 0. The minimum atomic E-state index is 0.498. The van der Waals surface area contributed by atoms with Crippen molar-refractivity contribution in [3.8, 4) is 0 Å². The lowest BCUT2D eigenvalue weighted by Crippen LogP contribution is -2.14. The minimum absolute atomic E-state index is 0.498. The van der Waals surface area contributed by atoms with Crippen LogP contribution in [0.4, 0.5) is 0 Å². The van der Waals surface area contributed by atoms with Crippen molar-refractivity contribution in [1.82, 2.24) is 0 Å². The Morgan fingerprint density at radius 1 is 1.25 bits per heavy atom. The van der Waals surface area contributed by atoms with Gasteiger partial charge in [-0.2, -0.15) is 0 Å². The summed E-state index contributed by atoms with van der Waals surface area (Å²) in [6.07, 6.45) is 6.01. The van der Waals surface area contributed by atoms with Gasteiger partial charge in [0, 0.05) is 13.2 Å². The lowest BCUT2D eigenvalue weighted by atomic mass is 9.99. The summed E-state index contributed by atoms with van der Waals surface area (Å²) in [5.41, 5.74) is 0. The van der Waals surface area contributed by atoms with Crippen LogP contribution in [0.3, 0.4) is 0 Å². The van der Waals surface area contributed by atoms with Crippen LogP contribution in [0, 0.1) is 5.92 Å². The summed E-state index contributed by atoms with van der Waals surface area (Å²) in [6.45, 7) is 4.10. The third-order valence-electron chi connectivity index (χ3n) is 2.94. The highest BCUT2D eigenvalue weighted by atomic mass is 16.5. The number of hydrogen-bond donors (Lipinski definition) is 0. The molecule has 0 aromatic heterocycles. The average molecular weight is 170 g/mol. The fourth-order valence-electron chi connectivity index (χ4n) is 2.20. The maximum absolute atomic E-state index is 5.77. The first-order valence-corrected chi connectivity index (χ1v) is 5.08. The number of ether oxygens (including phenoxy) is 2. The van der Waals surface area contributed by atoms with E-state index in [2.05, 4.69) is 6.92 Å². The van der Waals surface area contributed by atoms with Gasteiger partial charge >= 0.3 is 0 Å². The van der Waals surface area contributed by atoms with Gasteiger partial charge in [-0.1, -0.05) is 0 Å². The molecule has 0 aromatic carbocycles. The highest BCUT2D eigenvalue weighted by Gasteiger charge is 2.26. The lowest BCUT2D eigenvalue weighted by Gasteiger charge is -2.14. The van der Waals surface area contributed by atoms with Crippen LogP contribution in [-0.4, -0.2) is 25.4 Å². The second-order valence-electron chi connectivity index (χ2n) is 4.11. The van der Waals surface area contributed by atoms with E-state index in [1.54, 1.807) is 0 Å². The van der Waals surface area contributed by atoms with E-state index in [0.717, 1.165) is 19.1 Å². The van der Waals surface area contributed by atoms with Crippen molar-refractivity contribution in [3.05, 3.63) is 0 Å². The zero-order chi connectivity index (χ0) is 8.39. The Kier molecular flexibility index (Phi) is 2.66. The Hall–Kier alpha value is -0.0800. The summed E-state index contributed by atoms with van der Waals surface area (Å²) in [6, 6.07) is 0. The second kappa shape index (κ2) is 3.75. The monoisotopic (exact) mass is 170 g/mol. The molecule has 0 N–H and O–H groups in total. The molecule has 2 aliphatic rings. The maximum Gasteiger partial charge on any atom is 0.0583 e. The first-order valence-electron chi connectivity index (χ1n) is 5.08. The largest absolute Gasteiger partial charge is 0.381 e. The molecule has 0 amide bonds. The first-order chi connectivity index (χ1) is 5.84. The summed E-state index contributed by atoms with van der Waals surface area (Å²) in [7, 11) is 0. The van der Waals surface area contributed by atoms with Crippen molar-refractivity contribution in [2.24, 2.45) is 5.92 Å². The van der Waals surface area contributed by atoms with Gasteiger partial charge in [0.25, 0.3) is 0 Å². The molecule has 2 fully saturated rings. The van der Waals surface area contributed by atoms with Gasteiger partial charge in [0.05, 0.1) is 12.2 Å². The molecule has 2 aliphatic heterocycles. The van der Waals surface area contributed by atoms with E-state index in [1.807, 2.05) is 0 Å². The van der Waals surface area contributed by atoms with Crippen LogP contribution in [-0.2, 0) is 9.47 Å². The fraction of sp³-hybridized carbons (Fsp3) is 1.00. The van der Waals surface area contributed by atoms with E-state index < -0.39 is 0 Å². The minimum Gasteiger partial charge on any atom is -0.381 e. The van der Waals surface area contributed by atoms with Crippen molar-refractivity contribution in [2.45, 2.75) is 44.8 Å². The topological polar surface area (TPSA) is 18.5 Å². The van der Waals surface area contributed by atoms with E-state index in [4.69, 9.17) is 9.47 Å². The molecule has 0 bridgehead atoms. The molecule has 2 unspecified atom stereocenters. The van der Waals surface area contributed by atoms with Crippen molar-refractivity contribution in [1.29, 1.82) is 0 Å². The van der Waals surface area contributed by atoms with Crippen LogP contribution < -0.4 is 0 Å². The van der Waals surface area contributed by atoms with Crippen molar-refractivity contribution >= 4 is 0 Å². The van der Waals surface area contributed by atoms with Crippen LogP contribution in [0.25, 0.3) is 0 Å². The molecular formula is C10H18O2. The van der Waals surface area contributed by atoms with Crippen LogP contribution in [0.1, 0.15) is 32.6 Å². The molecule has 2 rings (SSSR count). The molecule has 0 spiro atoms. The van der Waals surface area contributed by atoms with E-state index in [-0.39, 0.29) is 0 Å². The third-order valence-corrected chi connectivity index (χ3v) is 2.94. The van der Waals surface area contributed by atoms with Crippen molar-refractivity contribution < 1.29 is 9.47 Å². The Morgan fingerprint density at radius 2 is 2.17 bits per heavy atom. The molecule has 2 heteroatoms. The normalized spacial score (nSPS) is 42.2. The fourth-order valence-corrected chi connectivity index (χ4v) is 2.20. The zero-order valence-corrected chi connectivity index (χ0v) is 7.79. The number of rotatable bonds is 2. The molecular weight excluding hydrogens is 152 g/mol. The molecule has 12 heavy (non-hydrogen) atoms. The van der Waals surface area contributed by atoms with Gasteiger partial charge in [0.2, 0.25) is 0 Å². The molecule has 2 heterocycles. The molecule has 2 saturated heterocycles. The van der Waals surface area contributed by atoms with Gasteiger partial charge in [0.15, 0.2) is 0 Å². The lowest BCUT2D eigenvalue weighted by molar-refractivity contribution is 0.0393. The first kappa shape index (κ1) is 8.52. The summed E-state index contributed by atoms with van der Waals surface area (Å²) < 4.78 is 11.1. The quantitative estimate of drug-likeness (QED) is 0.631. The smallest absolute Gasteiger partial charge is 0.0583 e. The van der Waals surface area contributed by atoms with E-state index >= 15 is 0 Å². The van der Waals surface area contributed by atoms with E-state index in [0.29, 0.717) is 12.2 Å². The van der Waals surface area contributed by atoms with Gasteiger partial charge < -0.3 is 9.47 Å². The Morgan fingerprint density at radius 3 is 2.75 bits per heavy atom. The SMILES string of the molecule is C[C@H]1CCC(CC2CCOC2)O1. The highest BCUT2D eigenvalue weighted by molar-refractivity contribution is 4.75. The van der Waals surface area contributed by atoms with Crippen molar-refractivity contribution in [3.63, 3.8) is 0 Å². The Bertz CT molecular complexity index is 141. The highest BCUT2D eigenvalue weighted by Crippen LogP contribution is 2.27. The van der Waals surface area contributed by atoms with E-state index in [9.17, 15) is 0 Å². The summed E-state index contributed by atoms with van der Waals surface area (Å²) >= 11 is 0. The van der Waals surface area contributed by atoms with Crippen LogP contribution in [0.15, 0.2) is 0 Å². The third kappa shape index (κ3) is 1.99. The Labute approximate surface area is 74.2 Å². The van der Waals surface area contributed by atoms with Crippen molar-refractivity contribution in [2.75, 3.05) is 13.2 Å². The van der Waals surface area contributed by atoms with Crippen LogP contribution in [0.5, 0.6) is 0 Å². The molecule has 0 saturated carbocycles. The van der Waals surface area contributed by atoms with Crippen LogP contribution in [0.2, 0.25) is 0 Å². The van der Waals surface area contributed by atoms with Crippen LogP contribution >= 0.6 is 0 Å². The average Bonchev–Trinajstić information content (AvgIpc) is 2.63. The molecule has 2 nitrogen and oxygen atoms in total. The zero-order valence-electron chi connectivity index (χ0n) is 7.79. The maximum atomic E-state index is 5.77. The molecule has 0 radical (unpaired) electrons. The van der Waals surface area contributed by atoms with Gasteiger partial charge in [-0.05, 0) is 38.5 Å². The molecule has 0 aromatic rings. The van der Waals surface area contributed by atoms with Gasteiger partial charge in [-0.25, -0.2) is 0 Å². The summed E-state index contributed by atoms with van der Waals surface area (Å²) in [5, 5.41) is 0. The van der Waals surface area contributed by atoms with Gasteiger partial charge in [-0.15, -0.1) is 0 Å². The summed E-state index contributed by atoms with van der Waals surface area (Å²) in [5.74, 6) is 0.778. The predicted molar refractivity (Wildman–Crippen MR) is 47.1 cm³/mol. The predicted octanol–water partition coefficient (Wildman–Crippen LogP) is 1.98. The molecule has 70 valence electrons.